The molecule has 1 fully saturated rings. The third-order valence-electron chi connectivity index (χ3n) is 3.06. The molecule has 118 valence electrons. The Hall–Kier alpha value is -1.34. The first-order valence-electron chi connectivity index (χ1n) is 7.14. The first-order chi connectivity index (χ1) is 10.6. The normalized spacial score (nSPS) is 19.0. The number of amidine groups is 1. The maximum absolute atomic E-state index is 12.6. The molecule has 5 nitrogen and oxygen atoms in total. The number of aliphatic imine (C=N–C) groups is 1. The number of hydrogen-bond acceptors (Lipinski definition) is 4. The van der Waals surface area contributed by atoms with E-state index in [2.05, 4.69) is 26.2 Å². The van der Waals surface area contributed by atoms with Crippen LogP contribution >= 0.6 is 27.7 Å². The molecule has 7 heteroatoms. The summed E-state index contributed by atoms with van der Waals surface area (Å²) in [7, 11) is 0. The Morgan fingerprint density at radius 1 is 1.45 bits per heavy atom. The van der Waals surface area contributed by atoms with E-state index in [0.717, 1.165) is 11.0 Å². The monoisotopic (exact) mass is 383 g/mol. The fourth-order valence-corrected chi connectivity index (χ4v) is 3.67. The maximum Gasteiger partial charge on any atom is 0.247 e. The molecule has 1 aliphatic heterocycles. The second kappa shape index (κ2) is 7.78. The number of imide groups is 1. The summed E-state index contributed by atoms with van der Waals surface area (Å²) in [6, 6.07) is 7.20. The maximum atomic E-state index is 12.6. The number of anilines is 1. The summed E-state index contributed by atoms with van der Waals surface area (Å²) in [6.07, 6.45) is 0.199. The number of rotatable bonds is 4. The van der Waals surface area contributed by atoms with E-state index in [4.69, 9.17) is 0 Å². The number of nitrogens with zero attached hydrogens (tertiary/aromatic N) is 2. The van der Waals surface area contributed by atoms with Crippen LogP contribution in [0.2, 0.25) is 0 Å². The average Bonchev–Trinajstić information content (AvgIpc) is 2.74. The lowest BCUT2D eigenvalue weighted by Crippen LogP contribution is -2.32. The van der Waals surface area contributed by atoms with Crippen LogP contribution in [0.3, 0.4) is 0 Å². The highest BCUT2D eigenvalue weighted by Crippen LogP contribution is 2.31. The fraction of sp³-hybridized carbons (Fsp3) is 0.400. The molecule has 2 rings (SSSR count). The predicted octanol–water partition coefficient (Wildman–Crippen LogP) is 2.80. The van der Waals surface area contributed by atoms with Crippen molar-refractivity contribution in [2.45, 2.75) is 25.5 Å². The lowest BCUT2D eigenvalue weighted by molar-refractivity contribution is -0.121. The Bertz CT molecular complexity index is 606. The number of nitrogens with one attached hydrogen (secondary N) is 1. The summed E-state index contributed by atoms with van der Waals surface area (Å²) in [6.45, 7) is 5.28. The molecule has 2 amide bonds. The quantitative estimate of drug-likeness (QED) is 0.493. The van der Waals surface area contributed by atoms with Gasteiger partial charge in [0.1, 0.15) is 5.25 Å². The van der Waals surface area contributed by atoms with E-state index in [1.54, 1.807) is 12.1 Å². The van der Waals surface area contributed by atoms with Crippen molar-refractivity contribution in [2.24, 2.45) is 4.99 Å². The van der Waals surface area contributed by atoms with E-state index >= 15 is 0 Å². The van der Waals surface area contributed by atoms with Gasteiger partial charge in [0.05, 0.1) is 5.69 Å². The van der Waals surface area contributed by atoms with Gasteiger partial charge in [0.2, 0.25) is 11.8 Å². The molecule has 1 heterocycles. The number of hydrogen-bond donors (Lipinski definition) is 1. The third-order valence-corrected chi connectivity index (χ3v) is 4.70. The summed E-state index contributed by atoms with van der Waals surface area (Å²) in [5.41, 5.74) is 0.602. The molecule has 0 aliphatic carbocycles. The highest BCUT2D eigenvalue weighted by Gasteiger charge is 2.40. The van der Waals surface area contributed by atoms with Gasteiger partial charge < -0.3 is 5.32 Å². The zero-order valence-corrected chi connectivity index (χ0v) is 14.9. The summed E-state index contributed by atoms with van der Waals surface area (Å²) < 4.78 is 0.836. The Morgan fingerprint density at radius 3 is 2.86 bits per heavy atom. The predicted molar refractivity (Wildman–Crippen MR) is 94.3 cm³/mol. The van der Waals surface area contributed by atoms with Crippen molar-refractivity contribution in [3.8, 4) is 0 Å². The topological polar surface area (TPSA) is 61.8 Å². The minimum absolute atomic E-state index is 0.173. The zero-order chi connectivity index (χ0) is 16.1. The lowest BCUT2D eigenvalue weighted by atomic mass is 10.3. The van der Waals surface area contributed by atoms with Gasteiger partial charge in [-0.25, -0.2) is 4.90 Å². The van der Waals surface area contributed by atoms with Crippen molar-refractivity contribution in [3.05, 3.63) is 28.7 Å². The molecule has 1 N–H and O–H groups in total. The molecule has 1 saturated heterocycles. The average molecular weight is 384 g/mol. The van der Waals surface area contributed by atoms with Crippen molar-refractivity contribution in [3.63, 3.8) is 0 Å². The van der Waals surface area contributed by atoms with Gasteiger partial charge in [-0.2, -0.15) is 0 Å². The van der Waals surface area contributed by atoms with Gasteiger partial charge in [-0.05, 0) is 32.0 Å². The molecule has 0 aromatic heterocycles. The highest BCUT2D eigenvalue weighted by atomic mass is 79.9. The molecule has 1 aliphatic rings. The first-order valence-corrected chi connectivity index (χ1v) is 8.81. The number of thioether (sulfide) groups is 1. The Morgan fingerprint density at radius 2 is 2.23 bits per heavy atom. The van der Waals surface area contributed by atoms with Crippen LogP contribution in [0, 0.1) is 0 Å². The molecular weight excluding hydrogens is 366 g/mol. The van der Waals surface area contributed by atoms with Crippen molar-refractivity contribution in [1.82, 2.24) is 5.32 Å². The van der Waals surface area contributed by atoms with Crippen LogP contribution in [0.15, 0.2) is 33.7 Å². The van der Waals surface area contributed by atoms with Crippen molar-refractivity contribution in [1.29, 1.82) is 0 Å². The molecule has 0 unspecified atom stereocenters. The zero-order valence-electron chi connectivity index (χ0n) is 12.5. The van der Waals surface area contributed by atoms with Crippen LogP contribution in [0.25, 0.3) is 0 Å². The SMILES string of the molecule is CCN=C(NCC)S[C@@H]1CC(=O)N(c2cccc(Br)c2)C1=O. The van der Waals surface area contributed by atoms with Crippen molar-refractivity contribution in [2.75, 3.05) is 18.0 Å². The van der Waals surface area contributed by atoms with Crippen LogP contribution in [-0.2, 0) is 9.59 Å². The molecule has 22 heavy (non-hydrogen) atoms. The van der Waals surface area contributed by atoms with E-state index in [1.165, 1.54) is 16.7 Å². The number of amides is 2. The summed E-state index contributed by atoms with van der Waals surface area (Å²) in [4.78, 5) is 30.4. The van der Waals surface area contributed by atoms with Gasteiger partial charge in [-0.1, -0.05) is 33.8 Å². The Kier molecular flexibility index (Phi) is 6.02. The summed E-state index contributed by atoms with van der Waals surface area (Å²) in [5, 5.41) is 3.43. The molecule has 1 aromatic carbocycles. The van der Waals surface area contributed by atoms with E-state index in [1.807, 2.05) is 26.0 Å². The van der Waals surface area contributed by atoms with Crippen LogP contribution in [0.1, 0.15) is 20.3 Å². The van der Waals surface area contributed by atoms with E-state index in [9.17, 15) is 9.59 Å². The molecule has 0 saturated carbocycles. The lowest BCUT2D eigenvalue weighted by Gasteiger charge is -2.15. The second-order valence-electron chi connectivity index (χ2n) is 4.67. The standard InChI is InChI=1S/C15H18BrN3O2S/c1-3-17-15(18-4-2)22-12-9-13(20)19(14(12)21)11-7-5-6-10(16)8-11/h5-8,12H,3-4,9H2,1-2H3,(H,17,18)/t12-/m1/s1. The second-order valence-corrected chi connectivity index (χ2v) is 6.77. The summed E-state index contributed by atoms with van der Waals surface area (Å²) in [5.74, 6) is -0.359. The molecule has 1 aromatic rings. The molecular formula is C15H18BrN3O2S. The number of carbonyl (C=O) groups excluding carboxylic acids is 2. The Labute approximate surface area is 142 Å². The third kappa shape index (κ3) is 3.89. The molecule has 1 atom stereocenters. The first kappa shape index (κ1) is 17.0. The van der Waals surface area contributed by atoms with Gasteiger partial charge >= 0.3 is 0 Å². The number of halogens is 1. The van der Waals surface area contributed by atoms with Crippen LogP contribution in [0.4, 0.5) is 5.69 Å². The fourth-order valence-electron chi connectivity index (χ4n) is 2.15. The minimum Gasteiger partial charge on any atom is -0.365 e. The number of carbonyl (C=O) groups is 2. The molecule has 0 radical (unpaired) electrons. The van der Waals surface area contributed by atoms with Crippen LogP contribution in [-0.4, -0.2) is 35.3 Å². The minimum atomic E-state index is -0.421. The van der Waals surface area contributed by atoms with Gasteiger partial charge in [0.25, 0.3) is 0 Å². The number of benzene rings is 1. The van der Waals surface area contributed by atoms with Gasteiger partial charge in [-0.3, -0.25) is 14.6 Å². The van der Waals surface area contributed by atoms with Crippen molar-refractivity contribution < 1.29 is 9.59 Å². The van der Waals surface area contributed by atoms with E-state index in [0.29, 0.717) is 17.4 Å². The largest absolute Gasteiger partial charge is 0.365 e. The smallest absolute Gasteiger partial charge is 0.247 e. The van der Waals surface area contributed by atoms with Crippen LogP contribution in [0.5, 0.6) is 0 Å². The van der Waals surface area contributed by atoms with Crippen LogP contribution < -0.4 is 10.2 Å². The van der Waals surface area contributed by atoms with Gasteiger partial charge in [0.15, 0.2) is 5.17 Å². The van der Waals surface area contributed by atoms with Gasteiger partial charge in [0, 0.05) is 24.0 Å². The Balaban J connectivity index is 2.16. The molecule has 0 bridgehead atoms. The molecule has 0 spiro atoms. The van der Waals surface area contributed by atoms with E-state index in [-0.39, 0.29) is 18.2 Å². The highest BCUT2D eigenvalue weighted by molar-refractivity contribution is 9.10. The van der Waals surface area contributed by atoms with Crippen molar-refractivity contribution >= 4 is 50.4 Å². The van der Waals surface area contributed by atoms with Gasteiger partial charge in [-0.15, -0.1) is 0 Å². The summed E-state index contributed by atoms with van der Waals surface area (Å²) >= 11 is 4.69. The van der Waals surface area contributed by atoms with E-state index < -0.39 is 5.25 Å².